The van der Waals surface area contributed by atoms with Crippen LogP contribution in [0, 0.1) is 0 Å². The van der Waals surface area contributed by atoms with Crippen molar-refractivity contribution in [2.75, 3.05) is 79.3 Å². The second-order valence-electron chi connectivity index (χ2n) is 6.12. The first-order valence-corrected chi connectivity index (χ1v) is 8.67. The molecule has 0 aromatic carbocycles. The van der Waals surface area contributed by atoms with Gasteiger partial charge in [-0.05, 0) is 0 Å². The maximum atomic E-state index is 5.78. The summed E-state index contributed by atoms with van der Waals surface area (Å²) in [5.74, 6) is 0. The lowest BCUT2D eigenvalue weighted by Gasteiger charge is -2.18. The predicted octanol–water partition coefficient (Wildman–Crippen LogP) is -0.366. The zero-order valence-electron chi connectivity index (χ0n) is 14.1. The molecule has 3 saturated heterocycles. The molecule has 0 bridgehead atoms. The Morgan fingerprint density at radius 1 is 0.625 bits per heavy atom. The molecule has 24 heavy (non-hydrogen) atoms. The van der Waals surface area contributed by atoms with Crippen LogP contribution in [0.3, 0.4) is 0 Å². The van der Waals surface area contributed by atoms with Gasteiger partial charge in [-0.15, -0.1) is 0 Å². The van der Waals surface area contributed by atoms with Gasteiger partial charge in [0.05, 0.1) is 79.3 Å². The van der Waals surface area contributed by atoms with E-state index in [0.29, 0.717) is 71.7 Å². The molecular formula is C16H28O8. The number of hydrogen-bond acceptors (Lipinski definition) is 8. The van der Waals surface area contributed by atoms with Gasteiger partial charge in [0.25, 0.3) is 0 Å². The largest absolute Gasteiger partial charge is 0.376 e. The Balaban J connectivity index is 1.16. The summed E-state index contributed by atoms with van der Waals surface area (Å²) in [6.07, 6.45) is 0.715. The van der Waals surface area contributed by atoms with Gasteiger partial charge in [-0.1, -0.05) is 0 Å². The minimum Gasteiger partial charge on any atom is -0.376 e. The molecule has 3 aliphatic heterocycles. The van der Waals surface area contributed by atoms with Crippen molar-refractivity contribution < 1.29 is 37.9 Å². The summed E-state index contributed by atoms with van der Waals surface area (Å²) in [6, 6.07) is 0. The van der Waals surface area contributed by atoms with Crippen LogP contribution in [0.15, 0.2) is 0 Å². The molecule has 8 nitrogen and oxygen atoms in total. The minimum atomic E-state index is -0.104. The molecular weight excluding hydrogens is 320 g/mol. The molecule has 0 saturated carbocycles. The van der Waals surface area contributed by atoms with E-state index in [9.17, 15) is 0 Å². The van der Waals surface area contributed by atoms with Crippen molar-refractivity contribution in [2.24, 2.45) is 0 Å². The van der Waals surface area contributed by atoms with E-state index >= 15 is 0 Å². The highest BCUT2D eigenvalue weighted by atomic mass is 16.6. The van der Waals surface area contributed by atoms with E-state index in [1.807, 2.05) is 0 Å². The van der Waals surface area contributed by atoms with Crippen molar-refractivity contribution in [3.05, 3.63) is 0 Å². The Bertz CT molecular complexity index is 306. The first kappa shape index (κ1) is 18.5. The molecule has 0 N–H and O–H groups in total. The number of epoxide rings is 3. The third-order valence-corrected chi connectivity index (χ3v) is 3.68. The van der Waals surface area contributed by atoms with E-state index in [4.69, 9.17) is 37.9 Å². The summed E-state index contributed by atoms with van der Waals surface area (Å²) in [5.41, 5.74) is 0. The van der Waals surface area contributed by atoms with Crippen molar-refractivity contribution in [2.45, 2.75) is 24.4 Å². The first-order valence-electron chi connectivity index (χ1n) is 8.67. The molecule has 0 spiro atoms. The van der Waals surface area contributed by atoms with Crippen LogP contribution in [0.2, 0.25) is 0 Å². The van der Waals surface area contributed by atoms with Crippen LogP contribution >= 0.6 is 0 Å². The Kier molecular flexibility index (Phi) is 8.17. The van der Waals surface area contributed by atoms with E-state index in [0.717, 1.165) is 19.8 Å². The number of hydrogen-bond donors (Lipinski definition) is 0. The molecule has 8 heteroatoms. The maximum Gasteiger partial charge on any atom is 0.104 e. The van der Waals surface area contributed by atoms with Crippen molar-refractivity contribution in [1.82, 2.24) is 0 Å². The molecule has 3 unspecified atom stereocenters. The Hall–Kier alpha value is -0.320. The van der Waals surface area contributed by atoms with E-state index < -0.39 is 0 Å². The highest BCUT2D eigenvalue weighted by Crippen LogP contribution is 2.11. The van der Waals surface area contributed by atoms with E-state index in [1.165, 1.54) is 0 Å². The summed E-state index contributed by atoms with van der Waals surface area (Å²) < 4.78 is 43.2. The van der Waals surface area contributed by atoms with Gasteiger partial charge in [0.2, 0.25) is 0 Å². The fourth-order valence-electron chi connectivity index (χ4n) is 1.98. The monoisotopic (exact) mass is 348 g/mol. The average molecular weight is 348 g/mol. The molecule has 3 atom stereocenters. The molecule has 140 valence electrons. The van der Waals surface area contributed by atoms with Crippen molar-refractivity contribution in [3.63, 3.8) is 0 Å². The molecule has 0 aromatic rings. The van der Waals surface area contributed by atoms with Crippen LogP contribution in [-0.2, 0) is 37.9 Å². The van der Waals surface area contributed by atoms with Gasteiger partial charge in [-0.25, -0.2) is 0 Å². The first-order chi connectivity index (χ1) is 11.9. The molecule has 0 amide bonds. The maximum absolute atomic E-state index is 5.78. The molecule has 3 heterocycles. The van der Waals surface area contributed by atoms with E-state index in [-0.39, 0.29) is 12.2 Å². The quantitative estimate of drug-likeness (QED) is 0.260. The fraction of sp³-hybridized carbons (Fsp3) is 1.00. The molecule has 0 radical (unpaired) electrons. The molecule has 3 rings (SSSR count). The summed E-state index contributed by atoms with van der Waals surface area (Å²) in [4.78, 5) is 0. The third-order valence-electron chi connectivity index (χ3n) is 3.68. The third kappa shape index (κ3) is 9.24. The number of ether oxygens (including phenoxy) is 8. The zero-order valence-corrected chi connectivity index (χ0v) is 14.1. The van der Waals surface area contributed by atoms with Gasteiger partial charge in [-0.3, -0.25) is 0 Å². The van der Waals surface area contributed by atoms with Gasteiger partial charge in [-0.2, -0.15) is 0 Å². The summed E-state index contributed by atoms with van der Waals surface area (Å²) >= 11 is 0. The van der Waals surface area contributed by atoms with Gasteiger partial charge in [0.15, 0.2) is 0 Å². The predicted molar refractivity (Wildman–Crippen MR) is 82.2 cm³/mol. The molecule has 3 fully saturated rings. The lowest BCUT2D eigenvalue weighted by molar-refractivity contribution is -0.0759. The SMILES string of the molecule is C(COCC1CO1)OCC(COCCOCC1CO1)OCC1CO1. The highest BCUT2D eigenvalue weighted by Gasteiger charge is 2.25. The van der Waals surface area contributed by atoms with E-state index in [2.05, 4.69) is 0 Å². The Morgan fingerprint density at radius 2 is 1.04 bits per heavy atom. The van der Waals surface area contributed by atoms with Gasteiger partial charge < -0.3 is 37.9 Å². The van der Waals surface area contributed by atoms with Gasteiger partial charge >= 0.3 is 0 Å². The van der Waals surface area contributed by atoms with Gasteiger partial charge in [0, 0.05) is 0 Å². The Labute approximate surface area is 142 Å². The standard InChI is InChI=1S/C16H28O8/c1(3-19-7-14-9-22-14)17-5-13(21-11-16-12-24-16)6-18-2-4-20-8-15-10-23-15/h13-16H,1-12H2. The van der Waals surface area contributed by atoms with Crippen LogP contribution in [0.4, 0.5) is 0 Å². The van der Waals surface area contributed by atoms with Crippen LogP contribution in [0.25, 0.3) is 0 Å². The molecule has 0 aromatic heterocycles. The topological polar surface area (TPSA) is 83.7 Å². The van der Waals surface area contributed by atoms with Crippen LogP contribution in [-0.4, -0.2) is 104 Å². The zero-order chi connectivity index (χ0) is 16.5. The average Bonchev–Trinajstić information content (AvgIpc) is 3.45. The lowest BCUT2D eigenvalue weighted by atomic mass is 10.4. The van der Waals surface area contributed by atoms with Gasteiger partial charge in [0.1, 0.15) is 24.4 Å². The minimum absolute atomic E-state index is 0.104. The van der Waals surface area contributed by atoms with Crippen LogP contribution in [0.1, 0.15) is 0 Å². The summed E-state index contributed by atoms with van der Waals surface area (Å²) in [5, 5.41) is 0. The Morgan fingerprint density at radius 3 is 1.50 bits per heavy atom. The normalized spacial score (nSPS) is 28.8. The van der Waals surface area contributed by atoms with Crippen molar-refractivity contribution in [1.29, 1.82) is 0 Å². The molecule has 0 aliphatic carbocycles. The number of rotatable bonds is 17. The molecule has 3 aliphatic rings. The van der Waals surface area contributed by atoms with Crippen LogP contribution < -0.4 is 0 Å². The fourth-order valence-corrected chi connectivity index (χ4v) is 1.98. The smallest absolute Gasteiger partial charge is 0.104 e. The summed E-state index contributed by atoms with van der Waals surface area (Å²) in [7, 11) is 0. The lowest BCUT2D eigenvalue weighted by Crippen LogP contribution is -2.29. The van der Waals surface area contributed by atoms with Crippen molar-refractivity contribution >= 4 is 0 Å². The van der Waals surface area contributed by atoms with Crippen LogP contribution in [0.5, 0.6) is 0 Å². The highest BCUT2D eigenvalue weighted by molar-refractivity contribution is 4.70. The second-order valence-corrected chi connectivity index (χ2v) is 6.12. The second kappa shape index (κ2) is 10.6. The summed E-state index contributed by atoms with van der Waals surface area (Å²) in [6.45, 7) is 7.46. The van der Waals surface area contributed by atoms with E-state index in [1.54, 1.807) is 0 Å². The van der Waals surface area contributed by atoms with Crippen molar-refractivity contribution in [3.8, 4) is 0 Å².